The molecule has 4 N–H and O–H groups in total. The van der Waals surface area contributed by atoms with E-state index in [2.05, 4.69) is 20.0 Å². The molecule has 0 amide bonds. The summed E-state index contributed by atoms with van der Waals surface area (Å²) in [5.74, 6) is 0. The lowest BCUT2D eigenvalue weighted by atomic mass is 10.1. The highest BCUT2D eigenvalue weighted by Gasteiger charge is 2.13. The monoisotopic (exact) mass is 376 g/mol. The third-order valence-corrected chi connectivity index (χ3v) is 4.54. The maximum atomic E-state index is 11.3. The molecule has 11 heteroatoms. The molecule has 0 unspecified atom stereocenters. The van der Waals surface area contributed by atoms with Crippen molar-refractivity contribution >= 4 is 56.0 Å². The van der Waals surface area contributed by atoms with Gasteiger partial charge >= 0.3 is 0 Å². The summed E-state index contributed by atoms with van der Waals surface area (Å²) in [5.41, 5.74) is 0.577. The van der Waals surface area contributed by atoms with E-state index in [4.69, 9.17) is 22.0 Å². The molecule has 0 heterocycles. The van der Waals surface area contributed by atoms with Crippen molar-refractivity contribution in [2.45, 2.75) is 9.79 Å². The lowest BCUT2D eigenvalue weighted by Crippen LogP contribution is -2.24. The lowest BCUT2D eigenvalue weighted by molar-refractivity contribution is -0.432. The van der Waals surface area contributed by atoms with Crippen molar-refractivity contribution in [1.82, 2.24) is 5.32 Å². The number of hydrogen-bond acceptors (Lipinski definition) is 7. The Balaban J connectivity index is 2.59. The Bertz CT molecular complexity index is 840. The van der Waals surface area contributed by atoms with Gasteiger partial charge in [-0.1, -0.05) is 11.1 Å². The van der Waals surface area contributed by atoms with Crippen LogP contribution < -0.4 is 10.6 Å². The fraction of sp³-hybridized carbons (Fsp3) is 0.0833. The van der Waals surface area contributed by atoms with Crippen LogP contribution in [0, 0.1) is 0 Å². The molecule has 0 atom stereocenters. The zero-order valence-corrected chi connectivity index (χ0v) is 14.1. The molecule has 0 aliphatic heterocycles. The largest absolute Gasteiger partial charge is 0.366 e. The quantitative estimate of drug-likeness (QED) is 0.204. The van der Waals surface area contributed by atoms with E-state index < -0.39 is 10.1 Å². The Morgan fingerprint density at radius 3 is 2.65 bits per heavy atom. The molecule has 0 saturated heterocycles. The first-order valence-electron chi connectivity index (χ1n) is 6.04. The molecular formula is C12H12N2O6S3. The van der Waals surface area contributed by atoms with E-state index in [1.54, 1.807) is 19.2 Å². The second-order valence-corrected chi connectivity index (χ2v) is 6.86. The van der Waals surface area contributed by atoms with Crippen LogP contribution in [0.25, 0.3) is 10.8 Å². The fourth-order valence-electron chi connectivity index (χ4n) is 1.87. The average molecular weight is 376 g/mol. The first-order chi connectivity index (χ1) is 10.8. The highest BCUT2D eigenvalue weighted by Crippen LogP contribution is 2.32. The highest BCUT2D eigenvalue weighted by atomic mass is 32.2. The number of thiocarbonyl (C=S) groups is 1. The Morgan fingerprint density at radius 1 is 1.30 bits per heavy atom. The van der Waals surface area contributed by atoms with E-state index in [0.717, 1.165) is 0 Å². The smallest absolute Gasteiger partial charge is 0.294 e. The molecule has 2 aromatic carbocycles. The van der Waals surface area contributed by atoms with E-state index >= 15 is 0 Å². The Labute approximate surface area is 141 Å². The van der Waals surface area contributed by atoms with Gasteiger partial charge in [0.05, 0.1) is 16.9 Å². The molecular weight excluding hydrogens is 364 g/mol. The molecule has 0 aliphatic carbocycles. The summed E-state index contributed by atoms with van der Waals surface area (Å²) in [6.45, 7) is 0. The minimum Gasteiger partial charge on any atom is -0.366 e. The van der Waals surface area contributed by atoms with E-state index in [0.29, 0.717) is 38.5 Å². The van der Waals surface area contributed by atoms with Gasteiger partial charge in [-0.15, -0.1) is 4.33 Å². The van der Waals surface area contributed by atoms with E-state index in [-0.39, 0.29) is 4.90 Å². The summed E-state index contributed by atoms with van der Waals surface area (Å²) in [7, 11) is -2.68. The molecule has 0 spiro atoms. The summed E-state index contributed by atoms with van der Waals surface area (Å²) in [6.07, 6.45) is 0. The van der Waals surface area contributed by atoms with Gasteiger partial charge in [0.15, 0.2) is 5.11 Å². The molecule has 0 bridgehead atoms. The molecule has 0 radical (unpaired) electrons. The van der Waals surface area contributed by atoms with Gasteiger partial charge < -0.3 is 10.6 Å². The third kappa shape index (κ3) is 4.51. The number of nitrogens with one attached hydrogen (secondary N) is 2. The Hall–Kier alpha value is -1.47. The summed E-state index contributed by atoms with van der Waals surface area (Å²) in [6, 6.07) is 7.40. The topological polar surface area (TPSA) is 117 Å². The second-order valence-electron chi connectivity index (χ2n) is 4.26. The summed E-state index contributed by atoms with van der Waals surface area (Å²) in [5, 5.41) is 19.0. The number of hydrogen-bond donors (Lipinski definition) is 4. The van der Waals surface area contributed by atoms with Crippen molar-refractivity contribution in [1.29, 1.82) is 0 Å². The van der Waals surface area contributed by atoms with Crippen LogP contribution in [-0.4, -0.2) is 30.4 Å². The second kappa shape index (κ2) is 7.40. The molecule has 2 aromatic rings. The van der Waals surface area contributed by atoms with Crippen LogP contribution in [0.2, 0.25) is 0 Å². The summed E-state index contributed by atoms with van der Waals surface area (Å²) < 4.78 is 36.1. The van der Waals surface area contributed by atoms with Crippen molar-refractivity contribution in [3.63, 3.8) is 0 Å². The first kappa shape index (κ1) is 17.9. The summed E-state index contributed by atoms with van der Waals surface area (Å²) >= 11 is 5.76. The molecule has 2 rings (SSSR count). The van der Waals surface area contributed by atoms with E-state index in [1.807, 2.05) is 0 Å². The number of fused-ring (bicyclic) bond motifs is 1. The zero-order chi connectivity index (χ0) is 17.0. The maximum Gasteiger partial charge on any atom is 0.294 e. The molecule has 8 nitrogen and oxygen atoms in total. The van der Waals surface area contributed by atoms with Gasteiger partial charge in [-0.25, -0.2) is 5.26 Å². The van der Waals surface area contributed by atoms with Gasteiger partial charge in [0.25, 0.3) is 10.1 Å². The van der Waals surface area contributed by atoms with Crippen LogP contribution in [0.4, 0.5) is 5.69 Å². The molecule has 0 saturated carbocycles. The van der Waals surface area contributed by atoms with E-state index in [1.165, 1.54) is 18.2 Å². The van der Waals surface area contributed by atoms with Crippen LogP contribution in [0.15, 0.2) is 40.1 Å². The van der Waals surface area contributed by atoms with Crippen LogP contribution >= 0.6 is 24.3 Å². The Kier molecular flexibility index (Phi) is 5.75. The van der Waals surface area contributed by atoms with Gasteiger partial charge in [0.1, 0.15) is 0 Å². The van der Waals surface area contributed by atoms with Gasteiger partial charge in [-0.3, -0.25) is 4.55 Å². The number of benzene rings is 2. The third-order valence-electron chi connectivity index (χ3n) is 2.83. The summed E-state index contributed by atoms with van der Waals surface area (Å²) in [4.78, 5) is 0.258. The molecule has 23 heavy (non-hydrogen) atoms. The average Bonchev–Trinajstić information content (AvgIpc) is 2.51. The standard InChI is InChI=1S/C12H12N2O6S3/c1-13-12(21)14-11-6-8(22-20-19-15)4-7-5-9(23(16,17)18)2-3-10(7)11/h2-6,15H,1H3,(H2,13,14,21)(H,16,17,18). The van der Waals surface area contributed by atoms with Crippen molar-refractivity contribution < 1.29 is 27.6 Å². The molecule has 0 aromatic heterocycles. The Morgan fingerprint density at radius 2 is 2.04 bits per heavy atom. The van der Waals surface area contributed by atoms with Crippen LogP contribution in [0.1, 0.15) is 0 Å². The van der Waals surface area contributed by atoms with Gasteiger partial charge in [0, 0.05) is 23.0 Å². The van der Waals surface area contributed by atoms with Gasteiger partial charge in [0.2, 0.25) is 0 Å². The molecule has 124 valence electrons. The minimum atomic E-state index is -4.33. The van der Waals surface area contributed by atoms with Crippen LogP contribution in [0.5, 0.6) is 0 Å². The van der Waals surface area contributed by atoms with Crippen molar-refractivity contribution in [3.8, 4) is 0 Å². The molecule has 0 fully saturated rings. The maximum absolute atomic E-state index is 11.3. The van der Waals surface area contributed by atoms with Crippen LogP contribution in [0.3, 0.4) is 0 Å². The van der Waals surface area contributed by atoms with Crippen LogP contribution in [-0.2, 0) is 19.5 Å². The van der Waals surface area contributed by atoms with Crippen molar-refractivity contribution in [2.75, 3.05) is 12.4 Å². The SMILES string of the molecule is CNC(=S)Nc1cc(SOOO)cc2cc(S(=O)(=O)O)ccc12. The fourth-order valence-corrected chi connectivity index (χ4v) is 2.95. The van der Waals surface area contributed by atoms with E-state index in [9.17, 15) is 8.42 Å². The first-order valence-corrected chi connectivity index (χ1v) is 8.63. The highest BCUT2D eigenvalue weighted by molar-refractivity contribution is 7.94. The minimum absolute atomic E-state index is 0.242. The lowest BCUT2D eigenvalue weighted by Gasteiger charge is -2.12. The zero-order valence-electron chi connectivity index (χ0n) is 11.6. The predicted octanol–water partition coefficient (Wildman–Crippen LogP) is 2.43. The van der Waals surface area contributed by atoms with Crippen molar-refractivity contribution in [3.05, 3.63) is 30.3 Å². The normalized spacial score (nSPS) is 11.4. The predicted molar refractivity (Wildman–Crippen MR) is 89.7 cm³/mol. The number of rotatable bonds is 5. The van der Waals surface area contributed by atoms with Gasteiger partial charge in [-0.05, 0) is 41.9 Å². The van der Waals surface area contributed by atoms with Crippen molar-refractivity contribution in [2.24, 2.45) is 0 Å². The molecule has 0 aliphatic rings. The number of anilines is 1. The van der Waals surface area contributed by atoms with Gasteiger partial charge in [-0.2, -0.15) is 8.42 Å².